The summed E-state index contributed by atoms with van der Waals surface area (Å²) >= 11 is 3.31. The summed E-state index contributed by atoms with van der Waals surface area (Å²) in [5, 5.41) is 2.94. The molecule has 0 saturated carbocycles. The van der Waals surface area contributed by atoms with E-state index in [1.807, 2.05) is 0 Å². The van der Waals surface area contributed by atoms with Crippen LogP contribution < -0.4 is 14.8 Å². The van der Waals surface area contributed by atoms with Crippen molar-refractivity contribution in [2.75, 3.05) is 24.2 Å². The van der Waals surface area contributed by atoms with Crippen molar-refractivity contribution in [2.45, 2.75) is 4.90 Å². The number of nitrogens with one attached hydrogen (secondary N) is 2. The third kappa shape index (κ3) is 3.89. The molecule has 0 aliphatic heterocycles. The largest absolute Gasteiger partial charge is 0.497 e. The molecule has 0 fully saturated rings. The van der Waals surface area contributed by atoms with Crippen molar-refractivity contribution in [3.8, 4) is 5.75 Å². The van der Waals surface area contributed by atoms with Crippen molar-refractivity contribution >= 4 is 37.3 Å². The number of hydrogen-bond donors (Lipinski definition) is 2. The van der Waals surface area contributed by atoms with E-state index in [2.05, 4.69) is 26.0 Å². The average Bonchev–Trinajstić information content (AvgIpc) is 2.46. The van der Waals surface area contributed by atoms with Gasteiger partial charge in [0.15, 0.2) is 0 Å². The highest BCUT2D eigenvalue weighted by atomic mass is 79.9. The zero-order chi connectivity index (χ0) is 15.5. The molecule has 0 aliphatic rings. The third-order valence-corrected chi connectivity index (χ3v) is 4.67. The van der Waals surface area contributed by atoms with E-state index in [1.54, 1.807) is 49.5 Å². The Morgan fingerprint density at radius 1 is 1.05 bits per heavy atom. The topological polar surface area (TPSA) is 67.4 Å². The van der Waals surface area contributed by atoms with Crippen molar-refractivity contribution in [1.82, 2.24) is 0 Å². The molecule has 2 N–H and O–H groups in total. The normalized spacial score (nSPS) is 11.0. The SMILES string of the molecule is CNc1ccc(S(=O)(=O)Nc2cc(Br)cc(OC)c2)cc1. The quantitative estimate of drug-likeness (QED) is 0.847. The molecule has 5 nitrogen and oxygen atoms in total. The van der Waals surface area contributed by atoms with Gasteiger partial charge in [-0.25, -0.2) is 8.42 Å². The van der Waals surface area contributed by atoms with Crippen LogP contribution in [0, 0.1) is 0 Å². The predicted octanol–water partition coefficient (Wildman–Crippen LogP) is 3.30. The van der Waals surface area contributed by atoms with Crippen molar-refractivity contribution in [3.05, 3.63) is 46.9 Å². The summed E-state index contributed by atoms with van der Waals surface area (Å²) in [5.74, 6) is 0.563. The van der Waals surface area contributed by atoms with Crippen LogP contribution in [0.3, 0.4) is 0 Å². The lowest BCUT2D eigenvalue weighted by Gasteiger charge is -2.10. The van der Waals surface area contributed by atoms with Crippen molar-refractivity contribution in [1.29, 1.82) is 0 Å². The van der Waals surface area contributed by atoms with Gasteiger partial charge in [0.1, 0.15) is 5.75 Å². The second kappa shape index (κ2) is 6.36. The van der Waals surface area contributed by atoms with Gasteiger partial charge in [-0.1, -0.05) is 15.9 Å². The average molecular weight is 371 g/mol. The number of hydrogen-bond acceptors (Lipinski definition) is 4. The Bertz CT molecular complexity index is 730. The van der Waals surface area contributed by atoms with Crippen LogP contribution in [0.5, 0.6) is 5.75 Å². The van der Waals surface area contributed by atoms with Crippen molar-refractivity contribution in [3.63, 3.8) is 0 Å². The molecule has 112 valence electrons. The third-order valence-electron chi connectivity index (χ3n) is 2.81. The first-order valence-electron chi connectivity index (χ1n) is 6.10. The van der Waals surface area contributed by atoms with E-state index in [9.17, 15) is 8.42 Å². The molecule has 0 unspecified atom stereocenters. The van der Waals surface area contributed by atoms with Crippen LogP contribution in [-0.2, 0) is 10.0 Å². The van der Waals surface area contributed by atoms with Gasteiger partial charge >= 0.3 is 0 Å². The number of rotatable bonds is 5. The van der Waals surface area contributed by atoms with Crippen LogP contribution in [0.15, 0.2) is 51.8 Å². The lowest BCUT2D eigenvalue weighted by atomic mass is 10.3. The molecule has 0 saturated heterocycles. The van der Waals surface area contributed by atoms with Gasteiger partial charge < -0.3 is 10.1 Å². The molecule has 7 heteroatoms. The smallest absolute Gasteiger partial charge is 0.261 e. The Balaban J connectivity index is 2.30. The molecule has 0 heterocycles. The summed E-state index contributed by atoms with van der Waals surface area (Å²) in [7, 11) is -0.337. The predicted molar refractivity (Wildman–Crippen MR) is 87.5 cm³/mol. The molecule has 0 bridgehead atoms. The Hall–Kier alpha value is -1.73. The number of benzene rings is 2. The fourth-order valence-electron chi connectivity index (χ4n) is 1.75. The van der Waals surface area contributed by atoms with E-state index in [-0.39, 0.29) is 4.90 Å². The van der Waals surface area contributed by atoms with E-state index in [1.165, 1.54) is 7.11 Å². The van der Waals surface area contributed by atoms with Gasteiger partial charge in [-0.2, -0.15) is 0 Å². The number of sulfonamides is 1. The summed E-state index contributed by atoms with van der Waals surface area (Å²) in [6.07, 6.45) is 0. The Morgan fingerprint density at radius 2 is 1.71 bits per heavy atom. The second-order valence-corrected chi connectivity index (χ2v) is 6.86. The molecular weight excluding hydrogens is 356 g/mol. The highest BCUT2D eigenvalue weighted by Crippen LogP contribution is 2.26. The van der Waals surface area contributed by atoms with Gasteiger partial charge in [-0.15, -0.1) is 0 Å². The molecule has 2 aromatic carbocycles. The van der Waals surface area contributed by atoms with Gasteiger partial charge in [-0.05, 0) is 36.4 Å². The molecule has 0 spiro atoms. The minimum atomic E-state index is -3.63. The van der Waals surface area contributed by atoms with Crippen LogP contribution in [-0.4, -0.2) is 22.6 Å². The highest BCUT2D eigenvalue weighted by molar-refractivity contribution is 9.10. The Labute approximate surface area is 132 Å². The Morgan fingerprint density at radius 3 is 2.29 bits per heavy atom. The standard InChI is InChI=1S/C14H15BrN2O3S/c1-16-11-3-5-14(6-4-11)21(18,19)17-12-7-10(15)8-13(9-12)20-2/h3-9,16-17H,1-2H3. The minimum Gasteiger partial charge on any atom is -0.497 e. The molecule has 2 rings (SSSR count). The van der Waals surface area contributed by atoms with Crippen LogP contribution in [0.1, 0.15) is 0 Å². The zero-order valence-corrected chi connectivity index (χ0v) is 14.0. The summed E-state index contributed by atoms with van der Waals surface area (Å²) in [6.45, 7) is 0. The number of ether oxygens (including phenoxy) is 1. The summed E-state index contributed by atoms with van der Waals surface area (Å²) in [6, 6.07) is 11.5. The van der Waals surface area contributed by atoms with E-state index in [0.717, 1.165) is 10.2 Å². The molecule has 0 atom stereocenters. The molecule has 0 radical (unpaired) electrons. The van der Waals surface area contributed by atoms with Crippen LogP contribution in [0.2, 0.25) is 0 Å². The van der Waals surface area contributed by atoms with Gasteiger partial charge in [0, 0.05) is 23.3 Å². The van der Waals surface area contributed by atoms with E-state index >= 15 is 0 Å². The zero-order valence-electron chi connectivity index (χ0n) is 11.6. The lowest BCUT2D eigenvalue weighted by molar-refractivity contribution is 0.415. The van der Waals surface area contributed by atoms with E-state index in [0.29, 0.717) is 11.4 Å². The highest BCUT2D eigenvalue weighted by Gasteiger charge is 2.14. The summed E-state index contributed by atoms with van der Waals surface area (Å²) in [4.78, 5) is 0.195. The van der Waals surface area contributed by atoms with E-state index < -0.39 is 10.0 Å². The first-order valence-corrected chi connectivity index (χ1v) is 8.37. The Kier molecular flexibility index (Phi) is 4.74. The maximum atomic E-state index is 12.3. The maximum absolute atomic E-state index is 12.3. The molecular formula is C14H15BrN2O3S. The second-order valence-electron chi connectivity index (χ2n) is 4.26. The van der Waals surface area contributed by atoms with Crippen LogP contribution in [0.25, 0.3) is 0 Å². The van der Waals surface area contributed by atoms with Crippen LogP contribution >= 0.6 is 15.9 Å². The van der Waals surface area contributed by atoms with Crippen molar-refractivity contribution in [2.24, 2.45) is 0 Å². The van der Waals surface area contributed by atoms with E-state index in [4.69, 9.17) is 4.74 Å². The number of methoxy groups -OCH3 is 1. The van der Waals surface area contributed by atoms with Gasteiger partial charge in [0.05, 0.1) is 17.7 Å². The van der Waals surface area contributed by atoms with Crippen LogP contribution in [0.4, 0.5) is 11.4 Å². The molecule has 21 heavy (non-hydrogen) atoms. The first-order chi connectivity index (χ1) is 9.94. The van der Waals surface area contributed by atoms with Crippen molar-refractivity contribution < 1.29 is 13.2 Å². The fraction of sp³-hybridized carbons (Fsp3) is 0.143. The monoisotopic (exact) mass is 370 g/mol. The first kappa shape index (κ1) is 15.7. The summed E-state index contributed by atoms with van der Waals surface area (Å²) in [5.41, 5.74) is 1.27. The number of anilines is 2. The minimum absolute atomic E-state index is 0.195. The molecule has 0 amide bonds. The molecule has 2 aromatic rings. The fourth-order valence-corrected chi connectivity index (χ4v) is 3.27. The van der Waals surface area contributed by atoms with Gasteiger partial charge in [0.2, 0.25) is 0 Å². The van der Waals surface area contributed by atoms with Gasteiger partial charge in [-0.3, -0.25) is 4.72 Å². The molecule has 0 aliphatic carbocycles. The number of halogens is 1. The molecule has 0 aromatic heterocycles. The lowest BCUT2D eigenvalue weighted by Crippen LogP contribution is -2.13. The maximum Gasteiger partial charge on any atom is 0.261 e. The summed E-state index contributed by atoms with van der Waals surface area (Å²) < 4.78 is 33.0. The van der Waals surface area contributed by atoms with Gasteiger partial charge in [0.25, 0.3) is 10.0 Å².